The second-order valence-electron chi connectivity index (χ2n) is 11.4. The Balaban J connectivity index is 1.33. The van der Waals surface area contributed by atoms with Crippen LogP contribution in [0.25, 0.3) is 32.9 Å². The zero-order valence-corrected chi connectivity index (χ0v) is 22.8. The highest BCUT2D eigenvalue weighted by Gasteiger charge is 2.45. The Kier molecular flexibility index (Phi) is 6.43. The predicted molar refractivity (Wildman–Crippen MR) is 152 cm³/mol. The average Bonchev–Trinajstić information content (AvgIpc) is 3.56. The Labute approximate surface area is 232 Å². The molecule has 4 aromatic rings. The summed E-state index contributed by atoms with van der Waals surface area (Å²) in [5.74, 6) is 0.149. The Morgan fingerprint density at radius 1 is 1.02 bits per heavy atom. The van der Waals surface area contributed by atoms with Crippen LogP contribution in [0, 0.1) is 5.82 Å². The fraction of sp³-hybridized carbons (Fsp3) is 0.452. The molecule has 0 saturated carbocycles. The third-order valence-electron chi connectivity index (χ3n) is 9.10. The summed E-state index contributed by atoms with van der Waals surface area (Å²) < 4.78 is 28.4. The normalized spacial score (nSPS) is 19.5. The lowest BCUT2D eigenvalue weighted by Gasteiger charge is -2.33. The van der Waals surface area contributed by atoms with E-state index in [0.717, 1.165) is 62.6 Å². The number of anilines is 1. The minimum atomic E-state index is -0.546. The molecular formula is C31H34FN5O3. The van der Waals surface area contributed by atoms with E-state index in [0.29, 0.717) is 23.4 Å². The van der Waals surface area contributed by atoms with Crippen LogP contribution in [0.1, 0.15) is 38.5 Å². The van der Waals surface area contributed by atoms with Gasteiger partial charge in [0.15, 0.2) is 5.82 Å². The molecule has 9 heteroatoms. The van der Waals surface area contributed by atoms with Gasteiger partial charge in [-0.1, -0.05) is 24.3 Å². The highest BCUT2D eigenvalue weighted by molar-refractivity contribution is 5.99. The fourth-order valence-corrected chi connectivity index (χ4v) is 6.97. The van der Waals surface area contributed by atoms with Crippen molar-refractivity contribution < 1.29 is 19.0 Å². The standard InChI is InChI=1S/C31H34FN5O3/c1-39-22-8-14-36(15-9-22)29-25-18-33-27(24-17-21(38)16-20-6-2-3-7-23(20)24)26(32)28(25)34-30(35-29)40-19-31-10-4-12-37(31)13-5-11-31/h2-3,6-7,16-18,22,38H,4-5,8-15,19H2,1H3. The number of ether oxygens (including phenoxy) is 2. The van der Waals surface area contributed by atoms with E-state index >= 15 is 4.39 Å². The monoisotopic (exact) mass is 543 g/mol. The third-order valence-corrected chi connectivity index (χ3v) is 9.10. The van der Waals surface area contributed by atoms with Gasteiger partial charge in [0.2, 0.25) is 0 Å². The number of methoxy groups -OCH3 is 1. The number of benzene rings is 2. The Morgan fingerprint density at radius 2 is 1.80 bits per heavy atom. The molecule has 8 nitrogen and oxygen atoms in total. The molecule has 0 spiro atoms. The fourth-order valence-electron chi connectivity index (χ4n) is 6.97. The number of aromatic nitrogens is 3. The molecule has 40 heavy (non-hydrogen) atoms. The molecule has 2 aromatic heterocycles. The highest BCUT2D eigenvalue weighted by atomic mass is 19.1. The summed E-state index contributed by atoms with van der Waals surface area (Å²) in [7, 11) is 1.74. The molecule has 0 atom stereocenters. The molecule has 0 unspecified atom stereocenters. The van der Waals surface area contributed by atoms with Crippen molar-refractivity contribution in [3.05, 3.63) is 48.4 Å². The second kappa shape index (κ2) is 10.1. The van der Waals surface area contributed by atoms with E-state index in [4.69, 9.17) is 14.5 Å². The number of pyridine rings is 1. The van der Waals surface area contributed by atoms with Crippen LogP contribution >= 0.6 is 0 Å². The molecule has 5 heterocycles. The zero-order valence-electron chi connectivity index (χ0n) is 22.8. The summed E-state index contributed by atoms with van der Waals surface area (Å²) in [6.45, 7) is 4.18. The van der Waals surface area contributed by atoms with Crippen molar-refractivity contribution in [3.63, 3.8) is 0 Å². The molecule has 0 aliphatic carbocycles. The number of hydrogen-bond acceptors (Lipinski definition) is 8. The maximum atomic E-state index is 16.5. The number of halogens is 1. The van der Waals surface area contributed by atoms with Gasteiger partial charge in [-0.3, -0.25) is 9.88 Å². The molecule has 0 bridgehead atoms. The van der Waals surface area contributed by atoms with Crippen molar-refractivity contribution in [1.82, 2.24) is 19.9 Å². The molecule has 0 radical (unpaired) electrons. The Bertz CT molecular complexity index is 1560. The molecule has 3 aliphatic heterocycles. The number of aromatic hydroxyl groups is 1. The number of nitrogens with zero attached hydrogens (tertiary/aromatic N) is 5. The van der Waals surface area contributed by atoms with Gasteiger partial charge in [-0.15, -0.1) is 0 Å². The first-order valence-electron chi connectivity index (χ1n) is 14.3. The van der Waals surface area contributed by atoms with Crippen LogP contribution in [0.4, 0.5) is 10.2 Å². The van der Waals surface area contributed by atoms with Crippen molar-refractivity contribution in [2.45, 2.75) is 50.2 Å². The third kappa shape index (κ3) is 4.32. The van der Waals surface area contributed by atoms with Crippen LogP contribution in [0.2, 0.25) is 0 Å². The minimum Gasteiger partial charge on any atom is -0.508 e. The van der Waals surface area contributed by atoms with Crippen LogP contribution < -0.4 is 9.64 Å². The van der Waals surface area contributed by atoms with Crippen LogP contribution in [0.3, 0.4) is 0 Å². The lowest BCUT2D eigenvalue weighted by Crippen LogP contribution is -2.43. The highest BCUT2D eigenvalue weighted by Crippen LogP contribution is 2.40. The largest absolute Gasteiger partial charge is 0.508 e. The summed E-state index contributed by atoms with van der Waals surface area (Å²) in [4.78, 5) is 18.7. The van der Waals surface area contributed by atoms with Gasteiger partial charge in [0.25, 0.3) is 0 Å². The summed E-state index contributed by atoms with van der Waals surface area (Å²) in [5, 5.41) is 12.6. The maximum absolute atomic E-state index is 16.5. The first-order chi connectivity index (χ1) is 19.5. The van der Waals surface area contributed by atoms with Crippen molar-refractivity contribution in [2.75, 3.05) is 44.8 Å². The topological polar surface area (TPSA) is 83.8 Å². The maximum Gasteiger partial charge on any atom is 0.319 e. The minimum absolute atomic E-state index is 0.0255. The van der Waals surface area contributed by atoms with Crippen LogP contribution in [-0.4, -0.2) is 76.5 Å². The molecule has 0 amide bonds. The van der Waals surface area contributed by atoms with Gasteiger partial charge >= 0.3 is 6.01 Å². The zero-order chi connectivity index (χ0) is 27.3. The van der Waals surface area contributed by atoms with Gasteiger partial charge in [-0.2, -0.15) is 9.97 Å². The van der Waals surface area contributed by atoms with Crippen LogP contribution in [0.5, 0.6) is 11.8 Å². The van der Waals surface area contributed by atoms with Crippen LogP contribution in [-0.2, 0) is 4.74 Å². The Hall–Kier alpha value is -3.56. The van der Waals surface area contributed by atoms with E-state index in [1.54, 1.807) is 25.4 Å². The number of piperidine rings is 1. The van der Waals surface area contributed by atoms with Gasteiger partial charge in [0, 0.05) is 32.0 Å². The summed E-state index contributed by atoms with van der Waals surface area (Å²) in [6.07, 6.45) is 8.12. The van der Waals surface area contributed by atoms with Gasteiger partial charge in [0.05, 0.1) is 17.0 Å². The van der Waals surface area contributed by atoms with Crippen molar-refractivity contribution in [1.29, 1.82) is 0 Å². The molecule has 3 saturated heterocycles. The van der Waals surface area contributed by atoms with E-state index in [-0.39, 0.29) is 34.6 Å². The van der Waals surface area contributed by atoms with Crippen molar-refractivity contribution in [3.8, 4) is 23.0 Å². The van der Waals surface area contributed by atoms with E-state index in [1.165, 1.54) is 12.8 Å². The first kappa shape index (κ1) is 25.4. The van der Waals surface area contributed by atoms with E-state index in [9.17, 15) is 5.11 Å². The molecule has 208 valence electrons. The molecule has 3 aliphatic rings. The van der Waals surface area contributed by atoms with E-state index in [2.05, 4.69) is 19.8 Å². The summed E-state index contributed by atoms with van der Waals surface area (Å²) >= 11 is 0. The summed E-state index contributed by atoms with van der Waals surface area (Å²) in [6, 6.07) is 11.0. The molecule has 7 rings (SSSR count). The molecule has 3 fully saturated rings. The van der Waals surface area contributed by atoms with Gasteiger partial charge in [0.1, 0.15) is 29.4 Å². The number of hydrogen-bond donors (Lipinski definition) is 1. The molecular weight excluding hydrogens is 509 g/mol. The Morgan fingerprint density at radius 3 is 2.58 bits per heavy atom. The van der Waals surface area contributed by atoms with Crippen molar-refractivity contribution in [2.24, 2.45) is 0 Å². The quantitative estimate of drug-likeness (QED) is 0.350. The van der Waals surface area contributed by atoms with E-state index < -0.39 is 5.82 Å². The molecule has 2 aromatic carbocycles. The molecule has 1 N–H and O–H groups in total. The first-order valence-corrected chi connectivity index (χ1v) is 14.3. The van der Waals surface area contributed by atoms with Crippen molar-refractivity contribution >= 4 is 27.5 Å². The van der Waals surface area contributed by atoms with Gasteiger partial charge in [-0.25, -0.2) is 4.39 Å². The average molecular weight is 544 g/mol. The van der Waals surface area contributed by atoms with Crippen LogP contribution in [0.15, 0.2) is 42.6 Å². The predicted octanol–water partition coefficient (Wildman–Crippen LogP) is 5.31. The lowest BCUT2D eigenvalue weighted by molar-refractivity contribution is 0.0817. The number of phenolic OH excluding ortho intramolecular Hbond substituents is 1. The van der Waals surface area contributed by atoms with Gasteiger partial charge in [-0.05, 0) is 74.5 Å². The SMILES string of the molecule is COC1CCN(c2nc(OCC34CCCN3CCC4)nc3c(F)c(-c4cc(O)cc5ccccc45)ncc23)CC1. The number of rotatable bonds is 6. The summed E-state index contributed by atoms with van der Waals surface area (Å²) in [5.41, 5.74) is 0.866. The lowest BCUT2D eigenvalue weighted by atomic mass is 9.95. The van der Waals surface area contributed by atoms with Gasteiger partial charge < -0.3 is 19.5 Å². The van der Waals surface area contributed by atoms with E-state index in [1.807, 2.05) is 24.3 Å². The number of phenols is 1. The smallest absolute Gasteiger partial charge is 0.319 e. The second-order valence-corrected chi connectivity index (χ2v) is 11.4. The number of fused-ring (bicyclic) bond motifs is 3.